The molecule has 1 amide bonds. The number of pyridine rings is 1. The van der Waals surface area contributed by atoms with Crippen LogP contribution in [0.25, 0.3) is 11.3 Å². The molecule has 0 atom stereocenters. The van der Waals surface area contributed by atoms with Gasteiger partial charge in [-0.15, -0.1) is 0 Å². The second-order valence-corrected chi connectivity index (χ2v) is 5.28. The van der Waals surface area contributed by atoms with Gasteiger partial charge in [0.25, 0.3) is 0 Å². The van der Waals surface area contributed by atoms with E-state index in [1.54, 1.807) is 36.5 Å². The molecule has 0 radical (unpaired) electrons. The third-order valence-corrected chi connectivity index (χ3v) is 3.47. The van der Waals surface area contributed by atoms with Crippen molar-refractivity contribution in [2.75, 3.05) is 0 Å². The number of hydrogen-bond donors (Lipinski definition) is 1. The van der Waals surface area contributed by atoms with Gasteiger partial charge >= 0.3 is 0 Å². The zero-order chi connectivity index (χ0) is 16.2. The lowest BCUT2D eigenvalue weighted by molar-refractivity contribution is 0.100. The molecule has 5 heteroatoms. The summed E-state index contributed by atoms with van der Waals surface area (Å²) in [5.41, 5.74) is 6.97. The molecule has 0 unspecified atom stereocenters. The molecule has 1 aromatic heterocycles. The summed E-state index contributed by atoms with van der Waals surface area (Å²) in [5, 5.41) is 0.511. The summed E-state index contributed by atoms with van der Waals surface area (Å²) < 4.78 is 5.69. The van der Waals surface area contributed by atoms with Gasteiger partial charge in [-0.2, -0.15) is 0 Å². The number of halogens is 1. The number of carbonyl (C=O) groups excluding carboxylic acids is 1. The first-order chi connectivity index (χ1) is 11.1. The third kappa shape index (κ3) is 3.49. The van der Waals surface area contributed by atoms with Crippen molar-refractivity contribution in [1.82, 2.24) is 4.98 Å². The predicted molar refractivity (Wildman–Crippen MR) is 89.7 cm³/mol. The Kier molecular flexibility index (Phi) is 4.26. The number of benzene rings is 2. The van der Waals surface area contributed by atoms with Crippen molar-refractivity contribution < 1.29 is 9.53 Å². The van der Waals surface area contributed by atoms with Gasteiger partial charge in [-0.1, -0.05) is 29.8 Å². The van der Waals surface area contributed by atoms with Crippen molar-refractivity contribution in [1.29, 1.82) is 0 Å². The molecule has 0 saturated carbocycles. The highest BCUT2D eigenvalue weighted by Crippen LogP contribution is 2.27. The quantitative estimate of drug-likeness (QED) is 0.778. The van der Waals surface area contributed by atoms with E-state index in [9.17, 15) is 4.79 Å². The number of aromatic nitrogens is 1. The molecule has 1 heterocycles. The van der Waals surface area contributed by atoms with Gasteiger partial charge < -0.3 is 10.5 Å². The molecular formula is C18H13ClN2O2. The zero-order valence-electron chi connectivity index (χ0n) is 12.1. The summed E-state index contributed by atoms with van der Waals surface area (Å²) in [4.78, 5) is 15.9. The average Bonchev–Trinajstić information content (AvgIpc) is 2.56. The highest BCUT2D eigenvalue weighted by Gasteiger charge is 2.12. The molecule has 0 spiro atoms. The van der Waals surface area contributed by atoms with E-state index >= 15 is 0 Å². The van der Waals surface area contributed by atoms with Gasteiger partial charge in [-0.3, -0.25) is 9.78 Å². The van der Waals surface area contributed by atoms with E-state index in [-0.39, 0.29) is 0 Å². The van der Waals surface area contributed by atoms with Crippen molar-refractivity contribution in [2.24, 2.45) is 5.73 Å². The molecule has 4 nitrogen and oxygen atoms in total. The van der Waals surface area contributed by atoms with Crippen molar-refractivity contribution in [3.63, 3.8) is 0 Å². The van der Waals surface area contributed by atoms with E-state index in [2.05, 4.69) is 4.98 Å². The summed E-state index contributed by atoms with van der Waals surface area (Å²) in [6.07, 6.45) is 1.59. The summed E-state index contributed by atoms with van der Waals surface area (Å²) in [6, 6.07) is 17.8. The van der Waals surface area contributed by atoms with Gasteiger partial charge in [-0.05, 0) is 42.5 Å². The fourth-order valence-corrected chi connectivity index (χ4v) is 2.34. The number of hydrogen-bond acceptors (Lipinski definition) is 3. The molecule has 0 bridgehead atoms. The molecule has 3 rings (SSSR count). The maximum absolute atomic E-state index is 11.5. The van der Waals surface area contributed by atoms with Gasteiger partial charge in [-0.25, -0.2) is 0 Å². The fourth-order valence-electron chi connectivity index (χ4n) is 2.17. The van der Waals surface area contributed by atoms with Crippen LogP contribution in [0.1, 0.15) is 10.4 Å². The van der Waals surface area contributed by atoms with Crippen LogP contribution in [-0.2, 0) is 0 Å². The van der Waals surface area contributed by atoms with Crippen LogP contribution in [0.3, 0.4) is 0 Å². The summed E-state index contributed by atoms with van der Waals surface area (Å²) >= 11 is 6.01. The smallest absolute Gasteiger partial charge is 0.249 e. The van der Waals surface area contributed by atoms with Gasteiger partial charge in [0, 0.05) is 16.1 Å². The van der Waals surface area contributed by atoms with Gasteiger partial charge in [0.05, 0.1) is 11.9 Å². The molecule has 3 aromatic rings. The topological polar surface area (TPSA) is 65.2 Å². The Morgan fingerprint density at radius 3 is 2.43 bits per heavy atom. The number of nitrogens with zero attached hydrogens (tertiary/aromatic N) is 1. The zero-order valence-corrected chi connectivity index (χ0v) is 12.8. The molecule has 0 aliphatic heterocycles. The first-order valence-electron chi connectivity index (χ1n) is 6.92. The van der Waals surface area contributed by atoms with Crippen LogP contribution < -0.4 is 10.5 Å². The highest BCUT2D eigenvalue weighted by molar-refractivity contribution is 6.31. The second-order valence-electron chi connectivity index (χ2n) is 4.85. The molecule has 0 saturated heterocycles. The Morgan fingerprint density at radius 2 is 1.78 bits per heavy atom. The molecule has 23 heavy (non-hydrogen) atoms. The number of amides is 1. The van der Waals surface area contributed by atoms with Crippen LogP contribution in [0, 0.1) is 0 Å². The summed E-state index contributed by atoms with van der Waals surface area (Å²) in [6.45, 7) is 0. The number of para-hydroxylation sites is 1. The molecule has 2 N–H and O–H groups in total. The Bertz CT molecular complexity index is 833. The predicted octanol–water partition coefficient (Wildman–Crippen LogP) is 4.29. The first kappa shape index (κ1) is 15.1. The van der Waals surface area contributed by atoms with Crippen LogP contribution >= 0.6 is 11.6 Å². The van der Waals surface area contributed by atoms with E-state index in [4.69, 9.17) is 22.1 Å². The average molecular weight is 325 g/mol. The lowest BCUT2D eigenvalue weighted by Gasteiger charge is -2.09. The van der Waals surface area contributed by atoms with E-state index in [0.717, 1.165) is 5.75 Å². The minimum atomic E-state index is -0.525. The van der Waals surface area contributed by atoms with Gasteiger partial charge in [0.15, 0.2) is 0 Å². The number of ether oxygens (including phenoxy) is 1. The number of nitrogens with two attached hydrogens (primary N) is 1. The molecule has 2 aromatic carbocycles. The first-order valence-corrected chi connectivity index (χ1v) is 7.30. The van der Waals surface area contributed by atoms with Gasteiger partial charge in [0.1, 0.15) is 11.5 Å². The Labute approximate surface area is 138 Å². The maximum atomic E-state index is 11.5. The lowest BCUT2D eigenvalue weighted by atomic mass is 10.0. The second kappa shape index (κ2) is 6.50. The Morgan fingerprint density at radius 1 is 1.00 bits per heavy atom. The van der Waals surface area contributed by atoms with Crippen LogP contribution in [-0.4, -0.2) is 10.9 Å². The lowest BCUT2D eigenvalue weighted by Crippen LogP contribution is -2.12. The SMILES string of the molecule is NC(=O)c1ccc(Cl)cc1-c1ccc(Oc2ccccc2)cn1. The van der Waals surface area contributed by atoms with Crippen molar-refractivity contribution in [3.05, 3.63) is 77.4 Å². The number of carbonyl (C=O) groups is 1. The number of primary amides is 1. The van der Waals surface area contributed by atoms with Crippen molar-refractivity contribution in [2.45, 2.75) is 0 Å². The third-order valence-electron chi connectivity index (χ3n) is 3.24. The van der Waals surface area contributed by atoms with E-state index in [0.29, 0.717) is 27.6 Å². The molecule has 114 valence electrons. The van der Waals surface area contributed by atoms with Gasteiger partial charge in [0.2, 0.25) is 5.91 Å². The molecule has 0 aliphatic rings. The maximum Gasteiger partial charge on any atom is 0.249 e. The number of rotatable bonds is 4. The molecule has 0 aliphatic carbocycles. The molecule has 0 fully saturated rings. The minimum absolute atomic E-state index is 0.374. The van der Waals surface area contributed by atoms with Crippen LogP contribution in [0.4, 0.5) is 0 Å². The highest BCUT2D eigenvalue weighted by atomic mass is 35.5. The largest absolute Gasteiger partial charge is 0.456 e. The molecular weight excluding hydrogens is 312 g/mol. The van der Waals surface area contributed by atoms with E-state index in [1.165, 1.54) is 0 Å². The van der Waals surface area contributed by atoms with Crippen LogP contribution in [0.15, 0.2) is 66.9 Å². The summed E-state index contributed by atoms with van der Waals surface area (Å²) in [7, 11) is 0. The van der Waals surface area contributed by atoms with Crippen molar-refractivity contribution in [3.8, 4) is 22.8 Å². The van der Waals surface area contributed by atoms with Crippen LogP contribution in [0.2, 0.25) is 5.02 Å². The summed E-state index contributed by atoms with van der Waals surface area (Å²) in [5.74, 6) is 0.799. The Hall–Kier alpha value is -2.85. The van der Waals surface area contributed by atoms with Crippen LogP contribution in [0.5, 0.6) is 11.5 Å². The fraction of sp³-hybridized carbons (Fsp3) is 0. The minimum Gasteiger partial charge on any atom is -0.456 e. The standard InChI is InChI=1S/C18H13ClN2O2/c19-12-6-8-15(18(20)22)16(10-12)17-9-7-14(11-21-17)23-13-4-2-1-3-5-13/h1-11H,(H2,20,22). The normalized spacial score (nSPS) is 10.3. The monoisotopic (exact) mass is 324 g/mol. The van der Waals surface area contributed by atoms with E-state index in [1.807, 2.05) is 30.3 Å². The Balaban J connectivity index is 1.91. The van der Waals surface area contributed by atoms with E-state index < -0.39 is 5.91 Å². The van der Waals surface area contributed by atoms with Crippen molar-refractivity contribution >= 4 is 17.5 Å².